The molecule has 0 aliphatic rings. The Bertz CT molecular complexity index is 1000. The smallest absolute Gasteiger partial charge is 0.174 e. The van der Waals surface area contributed by atoms with Crippen LogP contribution >= 0.6 is 22.7 Å². The predicted octanol–water partition coefficient (Wildman–Crippen LogP) is 5.34. The average Bonchev–Trinajstić information content (AvgIpc) is 3.45. The van der Waals surface area contributed by atoms with Gasteiger partial charge < -0.3 is 0 Å². The molecule has 0 bridgehead atoms. The molecule has 1 aromatic carbocycles. The molecule has 0 aliphatic carbocycles. The van der Waals surface area contributed by atoms with Crippen LogP contribution in [-0.4, -0.2) is 25.1 Å². The Morgan fingerprint density at radius 2 is 1.69 bits per heavy atom. The van der Waals surface area contributed by atoms with Crippen LogP contribution < -0.4 is 0 Å². The third-order valence-electron chi connectivity index (χ3n) is 4.72. The van der Waals surface area contributed by atoms with Gasteiger partial charge in [-0.15, -0.1) is 27.8 Å². The van der Waals surface area contributed by atoms with Gasteiger partial charge in [-0.05, 0) is 59.7 Å². The number of aromatic nitrogens is 4. The first-order valence-corrected chi connectivity index (χ1v) is 11.4. The van der Waals surface area contributed by atoms with E-state index in [2.05, 4.69) is 107 Å². The topological polar surface area (TPSA) is 46.8 Å². The highest BCUT2D eigenvalue weighted by Gasteiger charge is 2.32. The van der Waals surface area contributed by atoms with Crippen LogP contribution in [-0.2, 0) is 18.6 Å². The molecule has 1 atom stereocenters. The molecule has 0 unspecified atom stereocenters. The fourth-order valence-corrected chi connectivity index (χ4v) is 5.00. The molecule has 150 valence electrons. The minimum absolute atomic E-state index is 0.0217. The van der Waals surface area contributed by atoms with E-state index < -0.39 is 0 Å². The summed E-state index contributed by atoms with van der Waals surface area (Å²) in [5, 5.41) is 17.1. The molecule has 0 N–H and O–H groups in total. The Balaban J connectivity index is 1.79. The largest absolute Gasteiger partial charge is 0.280 e. The maximum absolute atomic E-state index is 4.50. The molecule has 0 fully saturated rings. The van der Waals surface area contributed by atoms with Gasteiger partial charge in [-0.25, -0.2) is 4.68 Å². The second-order valence-corrected chi connectivity index (χ2v) is 10.0. The molecule has 4 rings (SSSR count). The summed E-state index contributed by atoms with van der Waals surface area (Å²) in [6.45, 7) is 8.07. The second kappa shape index (κ2) is 8.57. The summed E-state index contributed by atoms with van der Waals surface area (Å²) in [5.41, 5.74) is 1.08. The van der Waals surface area contributed by atoms with E-state index in [1.807, 2.05) is 4.68 Å². The Labute approximate surface area is 179 Å². The van der Waals surface area contributed by atoms with Crippen molar-refractivity contribution in [3.63, 3.8) is 0 Å². The van der Waals surface area contributed by atoms with Gasteiger partial charge in [-0.3, -0.25) is 4.90 Å². The summed E-state index contributed by atoms with van der Waals surface area (Å²) in [5.74, 6) is 0.882. The van der Waals surface area contributed by atoms with E-state index in [1.165, 1.54) is 15.3 Å². The van der Waals surface area contributed by atoms with E-state index in [9.17, 15) is 0 Å². The number of thiophene rings is 2. The van der Waals surface area contributed by atoms with Crippen molar-refractivity contribution in [2.24, 2.45) is 0 Å². The maximum atomic E-state index is 4.50. The average molecular weight is 424 g/mol. The number of tetrazole rings is 1. The van der Waals surface area contributed by atoms with Gasteiger partial charge in [0, 0.05) is 22.8 Å². The van der Waals surface area contributed by atoms with Crippen molar-refractivity contribution in [3.8, 4) is 0 Å². The predicted molar refractivity (Wildman–Crippen MR) is 119 cm³/mol. The highest BCUT2D eigenvalue weighted by atomic mass is 32.1. The van der Waals surface area contributed by atoms with E-state index >= 15 is 0 Å². The lowest BCUT2D eigenvalue weighted by atomic mass is 10.1. The van der Waals surface area contributed by atoms with Crippen molar-refractivity contribution in [3.05, 3.63) is 86.5 Å². The molecule has 0 aliphatic heterocycles. The van der Waals surface area contributed by atoms with Crippen LogP contribution in [0, 0.1) is 0 Å². The molecular weight excluding hydrogens is 398 g/mol. The summed E-state index contributed by atoms with van der Waals surface area (Å²) in [7, 11) is 0. The Morgan fingerprint density at radius 3 is 2.34 bits per heavy atom. The quantitative estimate of drug-likeness (QED) is 0.402. The minimum Gasteiger partial charge on any atom is -0.280 e. The zero-order chi connectivity index (χ0) is 20.3. The van der Waals surface area contributed by atoms with Crippen molar-refractivity contribution in [2.45, 2.75) is 45.4 Å². The van der Waals surface area contributed by atoms with E-state index in [4.69, 9.17) is 0 Å². The van der Waals surface area contributed by atoms with Crippen LogP contribution in [0.5, 0.6) is 0 Å². The first-order chi connectivity index (χ1) is 14.0. The second-order valence-electron chi connectivity index (χ2n) is 8.01. The molecule has 29 heavy (non-hydrogen) atoms. The molecule has 5 nitrogen and oxygen atoms in total. The van der Waals surface area contributed by atoms with Crippen LogP contribution in [0.25, 0.3) is 0 Å². The van der Waals surface area contributed by atoms with E-state index in [0.29, 0.717) is 0 Å². The maximum Gasteiger partial charge on any atom is 0.174 e. The van der Waals surface area contributed by atoms with Crippen LogP contribution in [0.2, 0.25) is 0 Å². The van der Waals surface area contributed by atoms with Gasteiger partial charge in [0.15, 0.2) is 5.82 Å². The summed E-state index contributed by atoms with van der Waals surface area (Å²) >= 11 is 3.54. The molecule has 3 aromatic heterocycles. The number of nitrogens with zero attached hydrogens (tertiary/aromatic N) is 5. The molecule has 7 heteroatoms. The van der Waals surface area contributed by atoms with Gasteiger partial charge in [0.1, 0.15) is 6.04 Å². The fourth-order valence-electron chi connectivity index (χ4n) is 3.42. The summed E-state index contributed by atoms with van der Waals surface area (Å²) < 4.78 is 1.96. The number of rotatable bonds is 7. The third kappa shape index (κ3) is 4.63. The van der Waals surface area contributed by atoms with E-state index in [-0.39, 0.29) is 11.6 Å². The first kappa shape index (κ1) is 19.9. The number of hydrogen-bond donors (Lipinski definition) is 0. The van der Waals surface area contributed by atoms with Crippen molar-refractivity contribution < 1.29 is 0 Å². The van der Waals surface area contributed by atoms with Gasteiger partial charge in [-0.2, -0.15) is 0 Å². The van der Waals surface area contributed by atoms with E-state index in [0.717, 1.165) is 18.9 Å². The number of benzene rings is 1. The van der Waals surface area contributed by atoms with Crippen LogP contribution in [0.4, 0.5) is 0 Å². The van der Waals surface area contributed by atoms with Crippen molar-refractivity contribution >= 4 is 22.7 Å². The van der Waals surface area contributed by atoms with Crippen molar-refractivity contribution in [2.75, 3.05) is 0 Å². The van der Waals surface area contributed by atoms with Crippen LogP contribution in [0.3, 0.4) is 0 Å². The zero-order valence-electron chi connectivity index (χ0n) is 16.9. The van der Waals surface area contributed by atoms with Crippen molar-refractivity contribution in [1.29, 1.82) is 0 Å². The van der Waals surface area contributed by atoms with Gasteiger partial charge in [-0.1, -0.05) is 42.5 Å². The highest BCUT2D eigenvalue weighted by molar-refractivity contribution is 7.10. The lowest BCUT2D eigenvalue weighted by molar-refractivity contribution is 0.189. The van der Waals surface area contributed by atoms with E-state index in [1.54, 1.807) is 22.7 Å². The summed E-state index contributed by atoms with van der Waals surface area (Å²) in [4.78, 5) is 5.05. The zero-order valence-corrected chi connectivity index (χ0v) is 18.5. The normalized spacial score (nSPS) is 13.1. The van der Waals surface area contributed by atoms with Crippen LogP contribution in [0.1, 0.15) is 48.0 Å². The minimum atomic E-state index is -0.199. The Hall–Kier alpha value is -2.35. The summed E-state index contributed by atoms with van der Waals surface area (Å²) in [6.07, 6.45) is 0. The molecule has 0 radical (unpaired) electrons. The fraction of sp³-hybridized carbons (Fsp3) is 0.318. The van der Waals surface area contributed by atoms with Gasteiger partial charge in [0.05, 0.1) is 5.54 Å². The van der Waals surface area contributed by atoms with Gasteiger partial charge >= 0.3 is 0 Å². The van der Waals surface area contributed by atoms with Gasteiger partial charge in [0.2, 0.25) is 0 Å². The lowest BCUT2D eigenvalue weighted by Crippen LogP contribution is -2.34. The van der Waals surface area contributed by atoms with Crippen molar-refractivity contribution in [1.82, 2.24) is 25.1 Å². The highest BCUT2D eigenvalue weighted by Crippen LogP contribution is 2.35. The molecule has 0 saturated carbocycles. The lowest BCUT2D eigenvalue weighted by Gasteiger charge is -2.32. The molecule has 4 aromatic rings. The van der Waals surface area contributed by atoms with Gasteiger partial charge in [0.25, 0.3) is 0 Å². The molecule has 0 saturated heterocycles. The monoisotopic (exact) mass is 423 g/mol. The molecule has 3 heterocycles. The first-order valence-electron chi connectivity index (χ1n) is 9.65. The third-order valence-corrected chi connectivity index (χ3v) is 6.50. The van der Waals surface area contributed by atoms with Crippen LogP contribution in [0.15, 0.2) is 65.4 Å². The number of hydrogen-bond acceptors (Lipinski definition) is 6. The standard InChI is InChI=1S/C22H25N5S2/c1-22(2,3)27-21(23-24-25-27)20(19-12-8-14-29-19)26(16-18-11-7-13-28-18)15-17-9-5-4-6-10-17/h4-14,20H,15-16H2,1-3H3/t20-/m0/s1. The Morgan fingerprint density at radius 1 is 0.931 bits per heavy atom. The molecule has 0 amide bonds. The molecule has 0 spiro atoms. The SMILES string of the molecule is CC(C)(C)n1nnnc1[C@H](c1cccs1)N(Cc1ccccc1)Cc1cccs1. The molecular formula is C22H25N5S2. The Kier molecular flexibility index (Phi) is 5.89. The summed E-state index contributed by atoms with van der Waals surface area (Å²) in [6, 6.07) is 19.2.